The fourth-order valence-corrected chi connectivity index (χ4v) is 9.95. The summed E-state index contributed by atoms with van der Waals surface area (Å²) < 4.78 is 85.7. The van der Waals surface area contributed by atoms with E-state index >= 15 is 0 Å². The van der Waals surface area contributed by atoms with Gasteiger partial charge in [-0.1, -0.05) is 13.0 Å². The molecule has 0 unspecified atom stereocenters. The van der Waals surface area contributed by atoms with Crippen molar-refractivity contribution in [1.29, 1.82) is 0 Å². The summed E-state index contributed by atoms with van der Waals surface area (Å²) >= 11 is 0. The third-order valence-corrected chi connectivity index (χ3v) is 12.0. The largest absolute Gasteiger partial charge is 0.534 e. The van der Waals surface area contributed by atoms with Gasteiger partial charge in [-0.3, -0.25) is 0 Å². The van der Waals surface area contributed by atoms with Crippen LogP contribution >= 0.6 is 0 Å². The summed E-state index contributed by atoms with van der Waals surface area (Å²) in [6.45, 7) is 3.00. The first-order valence-corrected chi connectivity index (χ1v) is 15.2. The van der Waals surface area contributed by atoms with Gasteiger partial charge in [-0.15, -0.1) is 0 Å². The summed E-state index contributed by atoms with van der Waals surface area (Å²) in [7, 11) is -5.87. The Morgan fingerprint density at radius 2 is 1.82 bits per heavy atom. The molecule has 12 heteroatoms. The summed E-state index contributed by atoms with van der Waals surface area (Å²) in [5, 5.41) is 23.5. The predicted molar refractivity (Wildman–Crippen MR) is 129 cm³/mol. The van der Waals surface area contributed by atoms with E-state index in [1.54, 1.807) is 6.07 Å². The number of benzene rings is 1. The summed E-state index contributed by atoms with van der Waals surface area (Å²) in [5.41, 5.74) is -7.57. The van der Waals surface area contributed by atoms with Gasteiger partial charge in [-0.05, 0) is 73.3 Å². The van der Waals surface area contributed by atoms with E-state index in [0.717, 1.165) is 18.4 Å². The lowest BCUT2D eigenvalue weighted by Gasteiger charge is -2.68. The van der Waals surface area contributed by atoms with Crippen molar-refractivity contribution in [2.24, 2.45) is 23.2 Å². The first kappa shape index (κ1) is 26.3. The predicted octanol–water partition coefficient (Wildman–Crippen LogP) is 4.00. The normalized spacial score (nSPS) is 44.1. The Labute approximate surface area is 224 Å². The van der Waals surface area contributed by atoms with E-state index < -0.39 is 44.5 Å². The summed E-state index contributed by atoms with van der Waals surface area (Å²) in [6.07, 6.45) is 4.07. The van der Waals surface area contributed by atoms with Gasteiger partial charge >= 0.3 is 15.6 Å². The fourth-order valence-electron chi connectivity index (χ4n) is 9.50. The second-order valence-electron chi connectivity index (χ2n) is 12.7. The molecule has 0 amide bonds. The maximum absolute atomic E-state index is 13.0. The van der Waals surface area contributed by atoms with Gasteiger partial charge in [-0.2, -0.15) is 21.6 Å². The van der Waals surface area contributed by atoms with E-state index in [-0.39, 0.29) is 41.3 Å². The molecule has 0 bridgehead atoms. The molecule has 7 rings (SSSR count). The van der Waals surface area contributed by atoms with E-state index in [2.05, 4.69) is 11.1 Å². The van der Waals surface area contributed by atoms with Crippen LogP contribution in [-0.4, -0.2) is 60.4 Å². The Morgan fingerprint density at radius 1 is 1.08 bits per heavy atom. The third-order valence-electron chi connectivity index (χ3n) is 11.1. The number of alkyl halides is 3. The van der Waals surface area contributed by atoms with Crippen LogP contribution in [0.2, 0.25) is 0 Å². The summed E-state index contributed by atoms with van der Waals surface area (Å²) in [6, 6.07) is 4.00. The molecule has 8 nitrogen and oxygen atoms in total. The number of aliphatic hydroxyl groups excluding tert-OH is 1. The van der Waals surface area contributed by atoms with Crippen molar-refractivity contribution in [2.45, 2.75) is 92.8 Å². The highest BCUT2D eigenvalue weighted by Crippen LogP contribution is 2.71. The molecule has 5 fully saturated rings. The average molecular weight is 575 g/mol. The van der Waals surface area contributed by atoms with Crippen LogP contribution < -0.4 is 8.92 Å². The lowest BCUT2D eigenvalue weighted by molar-refractivity contribution is -0.311. The van der Waals surface area contributed by atoms with Crippen molar-refractivity contribution in [1.82, 2.24) is 0 Å². The number of rotatable bonds is 2. The highest BCUT2D eigenvalue weighted by Gasteiger charge is 2.74. The minimum atomic E-state index is -5.87. The zero-order chi connectivity index (χ0) is 27.6. The molecule has 4 saturated carbocycles. The van der Waals surface area contributed by atoms with Crippen molar-refractivity contribution in [3.05, 3.63) is 23.8 Å². The van der Waals surface area contributed by atoms with E-state index in [0.29, 0.717) is 45.3 Å². The van der Waals surface area contributed by atoms with Gasteiger partial charge in [0.2, 0.25) is 0 Å². The van der Waals surface area contributed by atoms with Crippen LogP contribution in [0.4, 0.5) is 13.2 Å². The fraction of sp³-hybridized carbons (Fsp3) is 0.778. The Morgan fingerprint density at radius 3 is 2.54 bits per heavy atom. The van der Waals surface area contributed by atoms with E-state index in [9.17, 15) is 31.8 Å². The van der Waals surface area contributed by atoms with Crippen LogP contribution in [0.1, 0.15) is 69.8 Å². The topological polar surface area (TPSA) is 112 Å². The third kappa shape index (κ3) is 3.47. The minimum Gasteiger partial charge on any atom is -0.483 e. The maximum atomic E-state index is 13.0. The number of hydrogen-bond acceptors (Lipinski definition) is 8. The minimum absolute atomic E-state index is 0.0865. The molecule has 8 atom stereocenters. The van der Waals surface area contributed by atoms with Crippen molar-refractivity contribution >= 4 is 10.1 Å². The maximum Gasteiger partial charge on any atom is 0.534 e. The molecule has 2 heterocycles. The van der Waals surface area contributed by atoms with E-state index in [1.165, 1.54) is 12.1 Å². The van der Waals surface area contributed by atoms with Gasteiger partial charge in [0.25, 0.3) is 0 Å². The zero-order valence-electron chi connectivity index (χ0n) is 21.6. The highest BCUT2D eigenvalue weighted by molar-refractivity contribution is 7.88. The van der Waals surface area contributed by atoms with Crippen molar-refractivity contribution in [3.8, 4) is 11.5 Å². The number of aliphatic hydroxyl groups is 2. The zero-order valence-corrected chi connectivity index (χ0v) is 22.4. The van der Waals surface area contributed by atoms with Crippen molar-refractivity contribution in [2.75, 3.05) is 13.2 Å². The van der Waals surface area contributed by atoms with E-state index in [4.69, 9.17) is 14.2 Å². The molecule has 2 spiro atoms. The monoisotopic (exact) mass is 574 g/mol. The molecule has 216 valence electrons. The van der Waals surface area contributed by atoms with Gasteiger partial charge in [0.1, 0.15) is 22.7 Å². The quantitative estimate of drug-likeness (QED) is 0.403. The number of hydrogen-bond donors (Lipinski definition) is 2. The number of halogens is 3. The second-order valence-corrected chi connectivity index (χ2v) is 14.3. The van der Waals surface area contributed by atoms with E-state index in [1.807, 2.05) is 0 Å². The first-order chi connectivity index (χ1) is 18.2. The summed E-state index contributed by atoms with van der Waals surface area (Å²) in [5.74, 6) is -0.986. The summed E-state index contributed by atoms with van der Waals surface area (Å²) in [4.78, 5) is 0. The molecule has 0 radical (unpaired) electrons. The molecular formula is C27H33F3O8S. The van der Waals surface area contributed by atoms with Crippen LogP contribution in [0, 0.1) is 23.2 Å². The lowest BCUT2D eigenvalue weighted by Crippen LogP contribution is -2.75. The van der Waals surface area contributed by atoms with Crippen LogP contribution in [-0.2, 0) is 19.6 Å². The molecular weight excluding hydrogens is 541 g/mol. The second kappa shape index (κ2) is 8.02. The molecule has 6 aliphatic rings. The van der Waals surface area contributed by atoms with Gasteiger partial charge in [0.05, 0.1) is 19.3 Å². The molecule has 4 aliphatic carbocycles. The Balaban J connectivity index is 1.35. The molecule has 1 aromatic rings. The molecule has 1 aromatic carbocycles. The molecule has 2 aliphatic heterocycles. The molecule has 2 N–H and O–H groups in total. The van der Waals surface area contributed by atoms with Gasteiger partial charge in [0, 0.05) is 24.8 Å². The number of ether oxygens (including phenoxy) is 3. The lowest BCUT2D eigenvalue weighted by atomic mass is 9.43. The van der Waals surface area contributed by atoms with Crippen LogP contribution in [0.15, 0.2) is 18.2 Å². The number of fused-ring (bicyclic) bond motifs is 4. The Hall–Kier alpha value is -1.60. The first-order valence-electron chi connectivity index (χ1n) is 13.7. The van der Waals surface area contributed by atoms with Crippen molar-refractivity contribution in [3.63, 3.8) is 0 Å². The van der Waals surface area contributed by atoms with Crippen molar-refractivity contribution < 1.29 is 50.2 Å². The van der Waals surface area contributed by atoms with Crippen LogP contribution in [0.3, 0.4) is 0 Å². The SMILES string of the molecule is C[C@]12C[C@@H]3c4ccc(OS(=O)(=O)C(F)(F)F)cc4O[C@]45CCC6(C[C@]4(O)CC[C@H]([C@H]35)[C@@H]1CC[C@@H]2O)OCCO6. The van der Waals surface area contributed by atoms with Crippen LogP contribution in [0.25, 0.3) is 0 Å². The molecule has 39 heavy (non-hydrogen) atoms. The van der Waals surface area contributed by atoms with Gasteiger partial charge in [-0.25, -0.2) is 0 Å². The van der Waals surface area contributed by atoms with Crippen LogP contribution in [0.5, 0.6) is 11.5 Å². The van der Waals surface area contributed by atoms with Gasteiger partial charge in [0.15, 0.2) is 5.79 Å². The average Bonchev–Trinajstić information content (AvgIpc) is 3.42. The smallest absolute Gasteiger partial charge is 0.483 e. The molecule has 0 aromatic heterocycles. The molecule has 1 saturated heterocycles. The van der Waals surface area contributed by atoms with Gasteiger partial charge < -0.3 is 28.6 Å². The standard InChI is InChI=1S/C27H33F3O8S/c1-23-13-18-16-3-2-15(38-39(33,34)27(28,29)30)12-20(16)37-26-9-8-25(35-10-11-36-25)14-24(26,32)7-6-17(22(18)26)19(23)4-5-21(23)31/h2-3,12,17-19,21-22,31-32H,4-11,13-14H2,1H3/t17-,18+,19-,21-,22+,23-,24+,26-/m0/s1. The highest BCUT2D eigenvalue weighted by atomic mass is 32.2. The Bertz CT molecular complexity index is 1300. The Kier molecular flexibility index (Phi) is 5.41.